The topological polar surface area (TPSA) is 72.8 Å². The van der Waals surface area contributed by atoms with Crippen LogP contribution in [0.4, 0.5) is 5.82 Å². The van der Waals surface area contributed by atoms with E-state index in [0.717, 1.165) is 33.6 Å². The van der Waals surface area contributed by atoms with Crippen LogP contribution in [0.15, 0.2) is 97.5 Å². The molecule has 0 fully saturated rings. The average Bonchev–Trinajstić information content (AvgIpc) is 2.84. The van der Waals surface area contributed by atoms with Crippen LogP contribution in [0.5, 0.6) is 11.6 Å². The molecule has 3 heterocycles. The first-order valence-corrected chi connectivity index (χ1v) is 9.94. The number of nitrogens with zero attached hydrogens (tertiary/aromatic N) is 4. The van der Waals surface area contributed by atoms with Gasteiger partial charge < -0.3 is 10.1 Å². The molecule has 0 saturated heterocycles. The quantitative estimate of drug-likeness (QED) is 0.403. The second-order valence-electron chi connectivity index (χ2n) is 6.93. The molecule has 31 heavy (non-hydrogen) atoms. The molecule has 0 saturated carbocycles. The first-order chi connectivity index (χ1) is 15.3. The van der Waals surface area contributed by atoms with Crippen LogP contribution < -0.4 is 10.1 Å². The van der Waals surface area contributed by atoms with E-state index in [9.17, 15) is 0 Å². The summed E-state index contributed by atoms with van der Waals surface area (Å²) in [6, 6.07) is 25.3. The third-order valence-corrected chi connectivity index (χ3v) is 4.75. The Labute approximate surface area is 179 Å². The summed E-state index contributed by atoms with van der Waals surface area (Å²) in [5.74, 6) is 2.73. The van der Waals surface area contributed by atoms with Gasteiger partial charge in [-0.1, -0.05) is 36.4 Å². The number of para-hydroxylation sites is 2. The van der Waals surface area contributed by atoms with Crippen LogP contribution >= 0.6 is 0 Å². The number of benzene rings is 2. The summed E-state index contributed by atoms with van der Waals surface area (Å²) in [5.41, 5.74) is 2.77. The number of ether oxygens (including phenoxy) is 1. The summed E-state index contributed by atoms with van der Waals surface area (Å²) < 4.78 is 5.76. The Morgan fingerprint density at radius 1 is 0.774 bits per heavy atom. The van der Waals surface area contributed by atoms with E-state index in [1.165, 1.54) is 0 Å². The lowest BCUT2D eigenvalue weighted by molar-refractivity contribution is 0.462. The van der Waals surface area contributed by atoms with Gasteiger partial charge in [0.25, 0.3) is 0 Å². The van der Waals surface area contributed by atoms with Gasteiger partial charge in [0, 0.05) is 42.2 Å². The molecule has 2 aromatic carbocycles. The van der Waals surface area contributed by atoms with Crippen molar-refractivity contribution in [1.29, 1.82) is 0 Å². The minimum absolute atomic E-state index is 0.557. The van der Waals surface area contributed by atoms with Crippen molar-refractivity contribution in [3.8, 4) is 23.0 Å². The van der Waals surface area contributed by atoms with Crippen molar-refractivity contribution in [2.75, 3.05) is 5.32 Å². The van der Waals surface area contributed by atoms with Gasteiger partial charge in [0.2, 0.25) is 5.88 Å². The summed E-state index contributed by atoms with van der Waals surface area (Å²) >= 11 is 0. The molecule has 0 unspecified atom stereocenters. The van der Waals surface area contributed by atoms with E-state index in [1.54, 1.807) is 18.6 Å². The van der Waals surface area contributed by atoms with Crippen molar-refractivity contribution in [2.45, 2.75) is 6.54 Å². The van der Waals surface area contributed by atoms with Crippen LogP contribution in [0, 0.1) is 0 Å². The maximum Gasteiger partial charge on any atom is 0.219 e. The number of hydrogen-bond donors (Lipinski definition) is 1. The summed E-state index contributed by atoms with van der Waals surface area (Å²) in [5, 5.41) is 4.40. The minimum atomic E-state index is 0.557. The van der Waals surface area contributed by atoms with Crippen molar-refractivity contribution in [3.63, 3.8) is 0 Å². The SMILES string of the molecule is c1ccc(Oc2ccc(CNc3nc(-c4cccnc4)nc4ccccc34)cn2)cc1. The van der Waals surface area contributed by atoms with Crippen molar-refractivity contribution in [3.05, 3.63) is 103 Å². The molecule has 6 heteroatoms. The van der Waals surface area contributed by atoms with Gasteiger partial charge in [0.05, 0.1) is 5.52 Å². The highest BCUT2D eigenvalue weighted by atomic mass is 16.5. The molecule has 6 nitrogen and oxygen atoms in total. The summed E-state index contributed by atoms with van der Waals surface area (Å²) in [4.78, 5) is 18.0. The van der Waals surface area contributed by atoms with Crippen molar-refractivity contribution >= 4 is 16.7 Å². The largest absolute Gasteiger partial charge is 0.439 e. The molecule has 0 radical (unpaired) electrons. The van der Waals surface area contributed by atoms with Gasteiger partial charge in [0.1, 0.15) is 11.6 Å². The van der Waals surface area contributed by atoms with Crippen LogP contribution in [-0.4, -0.2) is 19.9 Å². The zero-order valence-electron chi connectivity index (χ0n) is 16.6. The van der Waals surface area contributed by atoms with Crippen molar-refractivity contribution in [1.82, 2.24) is 19.9 Å². The predicted octanol–water partition coefficient (Wildman–Crippen LogP) is 5.49. The molecule has 0 amide bonds. The number of nitrogens with one attached hydrogen (secondary N) is 1. The van der Waals surface area contributed by atoms with Gasteiger partial charge >= 0.3 is 0 Å². The standard InChI is InChI=1S/C25H19N5O/c1-2-8-20(9-3-1)31-23-13-12-18(15-27-23)16-28-25-21-10-4-5-11-22(21)29-24(30-25)19-7-6-14-26-17-19/h1-15,17H,16H2,(H,28,29,30). The lowest BCUT2D eigenvalue weighted by Gasteiger charge is -2.11. The summed E-state index contributed by atoms with van der Waals surface area (Å²) in [7, 11) is 0. The molecule has 5 aromatic rings. The Balaban J connectivity index is 1.37. The van der Waals surface area contributed by atoms with E-state index in [-0.39, 0.29) is 0 Å². The molecular formula is C25H19N5O. The number of anilines is 1. The number of hydrogen-bond acceptors (Lipinski definition) is 6. The second kappa shape index (κ2) is 8.59. The highest BCUT2D eigenvalue weighted by molar-refractivity contribution is 5.90. The van der Waals surface area contributed by atoms with Crippen LogP contribution in [0.25, 0.3) is 22.3 Å². The average molecular weight is 405 g/mol. The molecule has 0 spiro atoms. The molecular weight excluding hydrogens is 386 g/mol. The van der Waals surface area contributed by atoms with E-state index in [0.29, 0.717) is 18.2 Å². The third-order valence-electron chi connectivity index (χ3n) is 4.75. The van der Waals surface area contributed by atoms with Gasteiger partial charge in [-0.3, -0.25) is 4.98 Å². The Bertz CT molecular complexity index is 1290. The van der Waals surface area contributed by atoms with Gasteiger partial charge in [-0.05, 0) is 42.0 Å². The number of fused-ring (bicyclic) bond motifs is 1. The van der Waals surface area contributed by atoms with Gasteiger partial charge in [-0.25, -0.2) is 15.0 Å². The second-order valence-corrected chi connectivity index (χ2v) is 6.93. The fraction of sp³-hybridized carbons (Fsp3) is 0.0400. The molecule has 0 aliphatic heterocycles. The third kappa shape index (κ3) is 4.33. The fourth-order valence-corrected chi connectivity index (χ4v) is 3.21. The maximum atomic E-state index is 5.76. The first kappa shape index (κ1) is 18.7. The van der Waals surface area contributed by atoms with Crippen molar-refractivity contribution in [2.24, 2.45) is 0 Å². The van der Waals surface area contributed by atoms with Crippen LogP contribution in [0.1, 0.15) is 5.56 Å². The van der Waals surface area contributed by atoms with Gasteiger partial charge in [-0.2, -0.15) is 0 Å². The summed E-state index contributed by atoms with van der Waals surface area (Å²) in [6.07, 6.45) is 5.31. The Morgan fingerprint density at radius 3 is 2.45 bits per heavy atom. The van der Waals surface area contributed by atoms with Crippen molar-refractivity contribution < 1.29 is 4.74 Å². The van der Waals surface area contributed by atoms with Crippen LogP contribution in [-0.2, 0) is 6.54 Å². The zero-order chi connectivity index (χ0) is 20.9. The lowest BCUT2D eigenvalue weighted by Crippen LogP contribution is -2.04. The minimum Gasteiger partial charge on any atom is -0.439 e. The van der Waals surface area contributed by atoms with E-state index >= 15 is 0 Å². The van der Waals surface area contributed by atoms with E-state index in [1.807, 2.05) is 78.9 Å². The highest BCUT2D eigenvalue weighted by Crippen LogP contribution is 2.25. The molecule has 3 aromatic heterocycles. The molecule has 0 aliphatic carbocycles. The number of pyridine rings is 2. The predicted molar refractivity (Wildman–Crippen MR) is 121 cm³/mol. The Kier molecular flexibility index (Phi) is 5.18. The highest BCUT2D eigenvalue weighted by Gasteiger charge is 2.09. The van der Waals surface area contributed by atoms with Gasteiger partial charge in [-0.15, -0.1) is 0 Å². The first-order valence-electron chi connectivity index (χ1n) is 9.94. The van der Waals surface area contributed by atoms with E-state index in [4.69, 9.17) is 14.7 Å². The Morgan fingerprint density at radius 2 is 1.65 bits per heavy atom. The smallest absolute Gasteiger partial charge is 0.219 e. The van der Waals surface area contributed by atoms with E-state index < -0.39 is 0 Å². The number of aromatic nitrogens is 4. The van der Waals surface area contributed by atoms with Gasteiger partial charge in [0.15, 0.2) is 5.82 Å². The lowest BCUT2D eigenvalue weighted by atomic mass is 10.2. The molecule has 5 rings (SSSR count). The maximum absolute atomic E-state index is 5.76. The molecule has 0 atom stereocenters. The van der Waals surface area contributed by atoms with Crippen LogP contribution in [0.3, 0.4) is 0 Å². The summed E-state index contributed by atoms with van der Waals surface area (Å²) in [6.45, 7) is 0.576. The van der Waals surface area contributed by atoms with E-state index in [2.05, 4.69) is 15.3 Å². The monoisotopic (exact) mass is 405 g/mol. The molecule has 0 bridgehead atoms. The Hall–Kier alpha value is -4.32. The number of rotatable bonds is 6. The molecule has 150 valence electrons. The molecule has 1 N–H and O–H groups in total. The fourth-order valence-electron chi connectivity index (χ4n) is 3.21. The molecule has 0 aliphatic rings. The van der Waals surface area contributed by atoms with Crippen LogP contribution in [0.2, 0.25) is 0 Å². The zero-order valence-corrected chi connectivity index (χ0v) is 16.6. The normalized spacial score (nSPS) is 10.7.